The molecule has 0 bridgehead atoms. The normalized spacial score (nSPS) is 19.4. The second-order valence-electron chi connectivity index (χ2n) is 15.0. The van der Waals surface area contributed by atoms with Crippen LogP contribution >= 0.6 is 0 Å². The highest BCUT2D eigenvalue weighted by Crippen LogP contribution is 2.38. The van der Waals surface area contributed by atoms with E-state index >= 15 is 0 Å². The van der Waals surface area contributed by atoms with Crippen molar-refractivity contribution in [2.75, 3.05) is 6.54 Å². The van der Waals surface area contributed by atoms with E-state index in [1.54, 1.807) is 0 Å². The molecule has 0 amide bonds. The Hall–Kier alpha value is -1.20. The first kappa shape index (κ1) is 33.0. The topological polar surface area (TPSA) is 68.2 Å². The molecule has 0 aromatic heterocycles. The van der Waals surface area contributed by atoms with Crippen LogP contribution in [0, 0.1) is 5.41 Å². The molecule has 8 heteroatoms. The zero-order chi connectivity index (χ0) is 29.2. The van der Waals surface area contributed by atoms with Crippen molar-refractivity contribution in [1.82, 2.24) is 5.06 Å². The molecule has 2 unspecified atom stereocenters. The number of benzene rings is 1. The Morgan fingerprint density at radius 3 is 2.21 bits per heavy atom. The minimum absolute atomic E-state index is 0.0467. The van der Waals surface area contributed by atoms with Gasteiger partial charge in [-0.25, -0.2) is 0 Å². The van der Waals surface area contributed by atoms with Crippen molar-refractivity contribution < 1.29 is 23.6 Å². The largest absolute Gasteiger partial charge is 0.508 e. The summed E-state index contributed by atoms with van der Waals surface area (Å²) in [7, 11) is -4.71. The SMILES string of the molecule is CC(C)(C)C[Si](C)(ON1CCCC1CCc1ccc(CO[Si](C)(C)C(C)(C)C)cc1O)C(=O)OC(C)(C)C. The van der Waals surface area contributed by atoms with Gasteiger partial charge in [0.2, 0.25) is 0 Å². The van der Waals surface area contributed by atoms with Gasteiger partial charge in [0, 0.05) is 12.6 Å². The predicted molar refractivity (Wildman–Crippen MR) is 161 cm³/mol. The molecule has 1 aromatic carbocycles. The number of hydrogen-bond donors (Lipinski definition) is 1. The van der Waals surface area contributed by atoms with Gasteiger partial charge >= 0.3 is 13.9 Å². The van der Waals surface area contributed by atoms with Gasteiger partial charge in [-0.3, -0.25) is 4.79 Å². The Balaban J connectivity index is 2.06. The summed E-state index contributed by atoms with van der Waals surface area (Å²) in [6, 6.07) is 6.85. The summed E-state index contributed by atoms with van der Waals surface area (Å²) in [5.41, 5.74) is 1.17. The van der Waals surface area contributed by atoms with Gasteiger partial charge in [0.15, 0.2) is 8.32 Å². The van der Waals surface area contributed by atoms with E-state index in [1.807, 2.05) is 39.5 Å². The summed E-state index contributed by atoms with van der Waals surface area (Å²) in [4.78, 5) is 13.3. The molecule has 1 aliphatic rings. The first-order valence-electron chi connectivity index (χ1n) is 14.3. The highest BCUT2D eigenvalue weighted by molar-refractivity contribution is 6.99. The third-order valence-corrected chi connectivity index (χ3v) is 15.5. The number of carbonyl (C=O) groups is 1. The van der Waals surface area contributed by atoms with E-state index in [0.717, 1.165) is 43.4 Å². The second kappa shape index (κ2) is 12.1. The summed E-state index contributed by atoms with van der Waals surface area (Å²) in [5, 5.41) is 13.0. The highest BCUT2D eigenvalue weighted by atomic mass is 28.4. The molecule has 1 fully saturated rings. The summed E-state index contributed by atoms with van der Waals surface area (Å²) in [6.45, 7) is 26.7. The van der Waals surface area contributed by atoms with Crippen molar-refractivity contribution in [2.45, 2.75) is 137 Å². The van der Waals surface area contributed by atoms with E-state index in [4.69, 9.17) is 13.7 Å². The Kier molecular flexibility index (Phi) is 10.5. The summed E-state index contributed by atoms with van der Waals surface area (Å²) >= 11 is 0. The monoisotopic (exact) mass is 565 g/mol. The van der Waals surface area contributed by atoms with Crippen LogP contribution < -0.4 is 0 Å². The molecule has 38 heavy (non-hydrogen) atoms. The van der Waals surface area contributed by atoms with E-state index in [2.05, 4.69) is 65.8 Å². The lowest BCUT2D eigenvalue weighted by Crippen LogP contribution is -2.54. The number of carbonyl (C=O) groups excluding carboxylic acids is 1. The third kappa shape index (κ3) is 9.77. The predicted octanol–water partition coefficient (Wildman–Crippen LogP) is 8.38. The Labute approximate surface area is 234 Å². The van der Waals surface area contributed by atoms with Gasteiger partial charge < -0.3 is 18.8 Å². The minimum Gasteiger partial charge on any atom is -0.508 e. The smallest absolute Gasteiger partial charge is 0.340 e. The molecule has 6 nitrogen and oxygen atoms in total. The van der Waals surface area contributed by atoms with Gasteiger partial charge in [0.25, 0.3) is 0 Å². The molecule has 0 radical (unpaired) electrons. The molecular weight excluding hydrogens is 511 g/mol. The van der Waals surface area contributed by atoms with Crippen LogP contribution in [0.3, 0.4) is 0 Å². The fraction of sp³-hybridized carbons (Fsp3) is 0.767. The molecule has 2 atom stereocenters. The van der Waals surface area contributed by atoms with E-state index < -0.39 is 22.2 Å². The quantitative estimate of drug-likeness (QED) is 0.287. The molecule has 1 heterocycles. The van der Waals surface area contributed by atoms with E-state index in [-0.39, 0.29) is 22.1 Å². The van der Waals surface area contributed by atoms with Crippen molar-refractivity contribution in [2.24, 2.45) is 5.41 Å². The van der Waals surface area contributed by atoms with Crippen molar-refractivity contribution in [1.29, 1.82) is 0 Å². The van der Waals surface area contributed by atoms with Gasteiger partial charge in [-0.2, -0.15) is 5.06 Å². The lowest BCUT2D eigenvalue weighted by atomic mass is 10.0. The number of nitrogens with zero attached hydrogens (tertiary/aromatic N) is 1. The van der Waals surface area contributed by atoms with E-state index in [0.29, 0.717) is 18.4 Å². The zero-order valence-electron chi connectivity index (χ0n) is 26.3. The molecule has 0 aliphatic carbocycles. The second-order valence-corrected chi connectivity index (χ2v) is 23.3. The van der Waals surface area contributed by atoms with Gasteiger partial charge in [-0.1, -0.05) is 53.7 Å². The van der Waals surface area contributed by atoms with Crippen LogP contribution in [-0.4, -0.2) is 50.6 Å². The summed E-state index contributed by atoms with van der Waals surface area (Å²) in [6.07, 6.45) is 3.67. The van der Waals surface area contributed by atoms with Crippen LogP contribution in [-0.2, 0) is 26.7 Å². The fourth-order valence-electron chi connectivity index (χ4n) is 4.73. The molecule has 1 aliphatic heterocycles. The number of hydroxylamine groups is 2. The minimum atomic E-state index is -2.87. The van der Waals surface area contributed by atoms with Crippen molar-refractivity contribution in [3.63, 3.8) is 0 Å². The van der Waals surface area contributed by atoms with Crippen molar-refractivity contribution in [3.8, 4) is 5.75 Å². The van der Waals surface area contributed by atoms with Crippen LogP contribution in [0.1, 0.15) is 92.7 Å². The zero-order valence-corrected chi connectivity index (χ0v) is 28.3. The maximum absolute atomic E-state index is 13.3. The molecule has 218 valence electrons. The fourth-order valence-corrected chi connectivity index (χ4v) is 9.28. The molecule has 2 rings (SSSR count). The summed E-state index contributed by atoms with van der Waals surface area (Å²) in [5.74, 6) is 0.326. The number of hydrogen-bond acceptors (Lipinski definition) is 6. The number of phenols is 1. The molecule has 0 saturated carbocycles. The Morgan fingerprint density at radius 1 is 1.05 bits per heavy atom. The Bertz CT molecular complexity index is 945. The van der Waals surface area contributed by atoms with Crippen LogP contribution in [0.5, 0.6) is 5.75 Å². The van der Waals surface area contributed by atoms with Gasteiger partial charge in [0.05, 0.1) is 6.61 Å². The van der Waals surface area contributed by atoms with Crippen molar-refractivity contribution >= 4 is 22.2 Å². The number of aryl methyl sites for hydroxylation is 1. The van der Waals surface area contributed by atoms with Gasteiger partial charge in [-0.15, -0.1) is 0 Å². The van der Waals surface area contributed by atoms with E-state index in [9.17, 15) is 9.90 Å². The Morgan fingerprint density at radius 2 is 1.68 bits per heavy atom. The number of rotatable bonds is 10. The number of aromatic hydroxyl groups is 1. The molecule has 0 spiro atoms. The van der Waals surface area contributed by atoms with Gasteiger partial charge in [-0.05, 0) is 99.8 Å². The average molecular weight is 566 g/mol. The third-order valence-electron chi connectivity index (χ3n) is 7.64. The molecule has 1 N–H and O–H groups in total. The lowest BCUT2D eigenvalue weighted by Gasteiger charge is -2.37. The molecule has 1 saturated heterocycles. The maximum Gasteiger partial charge on any atom is 0.340 e. The first-order valence-corrected chi connectivity index (χ1v) is 19.8. The van der Waals surface area contributed by atoms with Crippen molar-refractivity contribution in [3.05, 3.63) is 29.3 Å². The van der Waals surface area contributed by atoms with Crippen LogP contribution in [0.25, 0.3) is 0 Å². The molecule has 1 aromatic rings. The molecular formula is C30H55NO5Si2. The lowest BCUT2D eigenvalue weighted by molar-refractivity contribution is -0.0855. The van der Waals surface area contributed by atoms with Crippen LogP contribution in [0.2, 0.25) is 30.7 Å². The first-order chi connectivity index (χ1) is 17.1. The highest BCUT2D eigenvalue weighted by Gasteiger charge is 2.48. The van der Waals surface area contributed by atoms with Crippen LogP contribution in [0.15, 0.2) is 18.2 Å². The summed E-state index contributed by atoms with van der Waals surface area (Å²) < 4.78 is 18.8. The number of ether oxygens (including phenoxy) is 1. The van der Waals surface area contributed by atoms with Crippen LogP contribution in [0.4, 0.5) is 4.79 Å². The maximum atomic E-state index is 13.3. The van der Waals surface area contributed by atoms with Gasteiger partial charge in [0.1, 0.15) is 11.4 Å². The number of phenolic OH excluding ortho intramolecular Hbond substituents is 1. The van der Waals surface area contributed by atoms with E-state index in [1.165, 1.54) is 0 Å². The average Bonchev–Trinajstić information content (AvgIpc) is 3.14. The standard InChI is InChI=1S/C30H55NO5Si2/c1-28(2,3)22-38(12,27(33)35-29(4,5)6)36-31-19-13-14-25(31)18-17-24-16-15-23(20-26(24)32)21-34-37(10,11)30(7,8)9/h15-16,20,25,32H,13-14,17-19,21-22H2,1-12H3.